The van der Waals surface area contributed by atoms with Gasteiger partial charge in [0.1, 0.15) is 0 Å². The fraction of sp³-hybridized carbons (Fsp3) is 0.867. The molecule has 0 heterocycles. The van der Waals surface area contributed by atoms with Crippen LogP contribution in [0.15, 0.2) is 4.99 Å². The van der Waals surface area contributed by atoms with E-state index in [0.717, 1.165) is 5.96 Å². The minimum atomic E-state index is 0.172. The standard InChI is InChI=1S/C15H30N4O2/c1-16-15(19-10-11-21-2)18-9-8-17-14(20)12-13-6-4-3-5-7-13/h13H,3-12H2,1-2H3,(H,17,20)(H2,16,18,19). The lowest BCUT2D eigenvalue weighted by Crippen LogP contribution is -2.42. The van der Waals surface area contributed by atoms with Crippen molar-refractivity contribution in [3.8, 4) is 0 Å². The molecule has 0 bridgehead atoms. The molecular formula is C15H30N4O2. The van der Waals surface area contributed by atoms with Crippen LogP contribution in [0, 0.1) is 5.92 Å². The highest BCUT2D eigenvalue weighted by atomic mass is 16.5. The van der Waals surface area contributed by atoms with Crippen molar-refractivity contribution in [1.82, 2.24) is 16.0 Å². The fourth-order valence-electron chi connectivity index (χ4n) is 2.60. The molecule has 1 aliphatic carbocycles. The van der Waals surface area contributed by atoms with Crippen molar-refractivity contribution in [2.24, 2.45) is 10.9 Å². The number of aliphatic imine (C=N–C) groups is 1. The lowest BCUT2D eigenvalue weighted by Gasteiger charge is -2.20. The number of nitrogens with zero attached hydrogens (tertiary/aromatic N) is 1. The van der Waals surface area contributed by atoms with E-state index >= 15 is 0 Å². The van der Waals surface area contributed by atoms with Gasteiger partial charge in [-0.3, -0.25) is 9.79 Å². The second-order valence-electron chi connectivity index (χ2n) is 5.48. The fourth-order valence-corrected chi connectivity index (χ4v) is 2.60. The van der Waals surface area contributed by atoms with Gasteiger partial charge in [0.25, 0.3) is 0 Å². The molecule has 21 heavy (non-hydrogen) atoms. The largest absolute Gasteiger partial charge is 0.383 e. The Balaban J connectivity index is 2.05. The van der Waals surface area contributed by atoms with E-state index in [4.69, 9.17) is 4.74 Å². The normalized spacial score (nSPS) is 16.6. The third kappa shape index (κ3) is 8.55. The van der Waals surface area contributed by atoms with Crippen LogP contribution < -0.4 is 16.0 Å². The molecule has 1 fully saturated rings. The minimum absolute atomic E-state index is 0.172. The first-order chi connectivity index (χ1) is 10.3. The van der Waals surface area contributed by atoms with E-state index in [2.05, 4.69) is 20.9 Å². The Morgan fingerprint density at radius 2 is 1.76 bits per heavy atom. The molecule has 1 rings (SSSR count). The molecule has 3 N–H and O–H groups in total. The Labute approximate surface area is 128 Å². The smallest absolute Gasteiger partial charge is 0.220 e. The molecule has 0 saturated heterocycles. The number of hydrogen-bond acceptors (Lipinski definition) is 3. The highest BCUT2D eigenvalue weighted by Crippen LogP contribution is 2.25. The van der Waals surface area contributed by atoms with Crippen LogP contribution >= 0.6 is 0 Å². The number of rotatable bonds is 8. The predicted octanol–water partition coefficient (Wildman–Crippen LogP) is 0.884. The summed E-state index contributed by atoms with van der Waals surface area (Å²) in [6, 6.07) is 0. The second-order valence-corrected chi connectivity index (χ2v) is 5.48. The lowest BCUT2D eigenvalue weighted by molar-refractivity contribution is -0.122. The SMILES string of the molecule is CN=C(NCCNC(=O)CC1CCCCC1)NCCOC. The molecule has 6 heteroatoms. The molecule has 1 aliphatic rings. The van der Waals surface area contributed by atoms with Crippen LogP contribution in [0.3, 0.4) is 0 Å². The average Bonchev–Trinajstić information content (AvgIpc) is 2.50. The lowest BCUT2D eigenvalue weighted by atomic mass is 9.87. The van der Waals surface area contributed by atoms with E-state index < -0.39 is 0 Å². The van der Waals surface area contributed by atoms with E-state index in [9.17, 15) is 4.79 Å². The molecule has 0 aromatic carbocycles. The Hall–Kier alpha value is -1.30. The molecule has 0 spiro atoms. The zero-order chi connectivity index (χ0) is 15.3. The van der Waals surface area contributed by atoms with Gasteiger partial charge >= 0.3 is 0 Å². The third-order valence-corrected chi connectivity index (χ3v) is 3.76. The van der Waals surface area contributed by atoms with E-state index in [-0.39, 0.29) is 5.91 Å². The zero-order valence-corrected chi connectivity index (χ0v) is 13.4. The van der Waals surface area contributed by atoms with Crippen molar-refractivity contribution in [3.05, 3.63) is 0 Å². The van der Waals surface area contributed by atoms with Crippen molar-refractivity contribution in [1.29, 1.82) is 0 Å². The van der Waals surface area contributed by atoms with Crippen molar-refractivity contribution < 1.29 is 9.53 Å². The van der Waals surface area contributed by atoms with Crippen LogP contribution in [0.25, 0.3) is 0 Å². The van der Waals surface area contributed by atoms with Crippen LogP contribution in [0.5, 0.6) is 0 Å². The first-order valence-electron chi connectivity index (χ1n) is 7.96. The van der Waals surface area contributed by atoms with Gasteiger partial charge in [0.2, 0.25) is 5.91 Å². The van der Waals surface area contributed by atoms with Gasteiger partial charge in [-0.1, -0.05) is 19.3 Å². The predicted molar refractivity (Wildman–Crippen MR) is 85.4 cm³/mol. The molecule has 0 aromatic heterocycles. The molecule has 122 valence electrons. The topological polar surface area (TPSA) is 74.8 Å². The maximum atomic E-state index is 11.8. The highest BCUT2D eigenvalue weighted by molar-refractivity contribution is 5.79. The molecule has 0 radical (unpaired) electrons. The molecule has 6 nitrogen and oxygen atoms in total. The van der Waals surface area contributed by atoms with Gasteiger partial charge in [-0.25, -0.2) is 0 Å². The maximum Gasteiger partial charge on any atom is 0.220 e. The first kappa shape index (κ1) is 17.8. The number of guanidine groups is 1. The van der Waals surface area contributed by atoms with Crippen LogP contribution in [-0.4, -0.2) is 52.3 Å². The van der Waals surface area contributed by atoms with Crippen molar-refractivity contribution >= 4 is 11.9 Å². The van der Waals surface area contributed by atoms with Gasteiger partial charge in [-0.05, 0) is 18.8 Å². The average molecular weight is 298 g/mol. The van der Waals surface area contributed by atoms with Gasteiger partial charge in [0.15, 0.2) is 5.96 Å². The van der Waals surface area contributed by atoms with Crippen LogP contribution in [0.2, 0.25) is 0 Å². The Kier molecular flexibility index (Phi) is 9.61. The Bertz CT molecular complexity index is 315. The number of ether oxygens (including phenoxy) is 1. The number of carbonyl (C=O) groups is 1. The van der Waals surface area contributed by atoms with Crippen molar-refractivity contribution in [3.63, 3.8) is 0 Å². The zero-order valence-electron chi connectivity index (χ0n) is 13.4. The van der Waals surface area contributed by atoms with Gasteiger partial charge in [0.05, 0.1) is 6.61 Å². The van der Waals surface area contributed by atoms with Crippen LogP contribution in [0.4, 0.5) is 0 Å². The summed E-state index contributed by atoms with van der Waals surface area (Å²) in [6.45, 7) is 2.64. The Morgan fingerprint density at radius 3 is 2.43 bits per heavy atom. The maximum absolute atomic E-state index is 11.8. The summed E-state index contributed by atoms with van der Waals surface area (Å²) in [5, 5.41) is 9.25. The molecule has 0 unspecified atom stereocenters. The molecule has 1 amide bonds. The number of methoxy groups -OCH3 is 1. The van der Waals surface area contributed by atoms with Gasteiger partial charge in [0, 0.05) is 40.2 Å². The molecule has 0 aromatic rings. The quantitative estimate of drug-likeness (QED) is 0.353. The van der Waals surface area contributed by atoms with Gasteiger partial charge < -0.3 is 20.7 Å². The molecule has 1 saturated carbocycles. The molecule has 0 atom stereocenters. The summed E-state index contributed by atoms with van der Waals surface area (Å²) in [4.78, 5) is 15.9. The van der Waals surface area contributed by atoms with E-state index in [1.54, 1.807) is 14.2 Å². The summed E-state index contributed by atoms with van der Waals surface area (Å²) in [5.41, 5.74) is 0. The summed E-state index contributed by atoms with van der Waals surface area (Å²) >= 11 is 0. The minimum Gasteiger partial charge on any atom is -0.383 e. The highest BCUT2D eigenvalue weighted by Gasteiger charge is 2.16. The Morgan fingerprint density at radius 1 is 1.10 bits per heavy atom. The first-order valence-corrected chi connectivity index (χ1v) is 7.96. The summed E-state index contributed by atoms with van der Waals surface area (Å²) in [7, 11) is 3.39. The number of amides is 1. The van der Waals surface area contributed by atoms with Crippen LogP contribution in [0.1, 0.15) is 38.5 Å². The summed E-state index contributed by atoms with van der Waals surface area (Å²) in [6.07, 6.45) is 6.99. The number of carbonyl (C=O) groups excluding carboxylic acids is 1. The molecule has 0 aliphatic heterocycles. The van der Waals surface area contributed by atoms with Crippen LogP contribution in [-0.2, 0) is 9.53 Å². The number of hydrogen-bond donors (Lipinski definition) is 3. The monoisotopic (exact) mass is 298 g/mol. The molecular weight excluding hydrogens is 268 g/mol. The third-order valence-electron chi connectivity index (χ3n) is 3.76. The van der Waals surface area contributed by atoms with E-state index in [1.165, 1.54) is 32.1 Å². The number of nitrogens with one attached hydrogen (secondary N) is 3. The van der Waals surface area contributed by atoms with Crippen molar-refractivity contribution in [2.45, 2.75) is 38.5 Å². The summed E-state index contributed by atoms with van der Waals surface area (Å²) < 4.78 is 4.96. The van der Waals surface area contributed by atoms with Crippen molar-refractivity contribution in [2.75, 3.05) is 40.4 Å². The summed E-state index contributed by atoms with van der Waals surface area (Å²) in [5.74, 6) is 1.50. The van der Waals surface area contributed by atoms with E-state index in [0.29, 0.717) is 38.6 Å². The second kappa shape index (κ2) is 11.4. The van der Waals surface area contributed by atoms with Gasteiger partial charge in [-0.15, -0.1) is 0 Å². The van der Waals surface area contributed by atoms with Gasteiger partial charge in [-0.2, -0.15) is 0 Å². The van der Waals surface area contributed by atoms with E-state index in [1.807, 2.05) is 0 Å².